The van der Waals surface area contributed by atoms with E-state index >= 15 is 0 Å². The number of rotatable bonds is 5. The highest BCUT2D eigenvalue weighted by Crippen LogP contribution is 2.28. The van der Waals surface area contributed by atoms with E-state index < -0.39 is 24.0 Å². The van der Waals surface area contributed by atoms with Gasteiger partial charge in [0.1, 0.15) is 23.8 Å². The summed E-state index contributed by atoms with van der Waals surface area (Å²) in [7, 11) is 1.42. The fourth-order valence-electron chi connectivity index (χ4n) is 2.99. The van der Waals surface area contributed by atoms with Crippen LogP contribution < -0.4 is 14.8 Å². The molecule has 130 valence electrons. The van der Waals surface area contributed by atoms with Gasteiger partial charge in [-0.1, -0.05) is 6.92 Å². The molecular formula is C17H17FN4O3. The number of hydrogen-bond donors (Lipinski definition) is 1. The summed E-state index contributed by atoms with van der Waals surface area (Å²) in [6.07, 6.45) is 0.541. The van der Waals surface area contributed by atoms with Crippen molar-refractivity contribution >= 4 is 16.8 Å². The molecule has 1 fully saturated rings. The van der Waals surface area contributed by atoms with Gasteiger partial charge in [-0.25, -0.2) is 14.4 Å². The van der Waals surface area contributed by atoms with Gasteiger partial charge in [0.15, 0.2) is 6.17 Å². The second-order valence-corrected chi connectivity index (χ2v) is 5.74. The van der Waals surface area contributed by atoms with Crippen molar-refractivity contribution in [3.8, 4) is 17.8 Å². The van der Waals surface area contributed by atoms with E-state index in [1.54, 1.807) is 12.1 Å². The smallest absolute Gasteiger partial charge is 0.255 e. The summed E-state index contributed by atoms with van der Waals surface area (Å²) in [5.41, 5.74) is 0.744. The van der Waals surface area contributed by atoms with Crippen molar-refractivity contribution in [2.24, 2.45) is 5.92 Å². The molecule has 0 aromatic carbocycles. The van der Waals surface area contributed by atoms with Crippen LogP contribution in [0.4, 0.5) is 4.39 Å². The lowest BCUT2D eigenvalue weighted by Gasteiger charge is -2.18. The van der Waals surface area contributed by atoms with Gasteiger partial charge in [0.2, 0.25) is 11.8 Å². The molecule has 0 spiro atoms. The van der Waals surface area contributed by atoms with E-state index in [-0.39, 0.29) is 18.4 Å². The molecule has 0 saturated carbocycles. The fraction of sp³-hybridized carbons (Fsp3) is 0.412. The first kappa shape index (κ1) is 16.9. The lowest BCUT2D eigenvalue weighted by molar-refractivity contribution is -0.123. The molecule has 1 aliphatic rings. The maximum absolute atomic E-state index is 13.9. The minimum atomic E-state index is -1.52. The third kappa shape index (κ3) is 3.05. The molecule has 1 saturated heterocycles. The summed E-state index contributed by atoms with van der Waals surface area (Å²) in [6.45, 7) is 1.91. The fourth-order valence-corrected chi connectivity index (χ4v) is 2.99. The monoisotopic (exact) mass is 344 g/mol. The number of ether oxygens (including phenoxy) is 2. The van der Waals surface area contributed by atoms with Crippen molar-refractivity contribution in [1.82, 2.24) is 15.3 Å². The summed E-state index contributed by atoms with van der Waals surface area (Å²) in [5, 5.41) is 12.4. The van der Waals surface area contributed by atoms with Gasteiger partial charge in [0, 0.05) is 17.5 Å². The minimum Gasteiger partial charge on any atom is -0.480 e. The first-order valence-electron chi connectivity index (χ1n) is 7.90. The topological polar surface area (TPSA) is 97.1 Å². The highest BCUT2D eigenvalue weighted by atomic mass is 19.1. The van der Waals surface area contributed by atoms with Crippen molar-refractivity contribution < 1.29 is 18.7 Å². The van der Waals surface area contributed by atoms with Crippen LogP contribution in [-0.2, 0) is 4.79 Å². The molecule has 7 nitrogen and oxygen atoms in total. The Bertz CT molecular complexity index is 852. The summed E-state index contributed by atoms with van der Waals surface area (Å²) in [4.78, 5) is 20.0. The molecule has 25 heavy (non-hydrogen) atoms. The third-order valence-corrected chi connectivity index (χ3v) is 4.32. The maximum Gasteiger partial charge on any atom is 0.255 e. The Hall–Kier alpha value is -2.95. The standard InChI is InChI=1S/C17H17FN4O3/c1-3-11-12(21-15(23)13(11)18)8-25-17-14-9(4-5-20-17)6-10(7-19)16(22-14)24-2/h4-6,11-13H,3,8H2,1-2H3,(H,21,23)/t11-,12+,13-/m0/s1. The average Bonchev–Trinajstić information content (AvgIpc) is 2.91. The number of nitrogens with one attached hydrogen (secondary N) is 1. The van der Waals surface area contributed by atoms with Gasteiger partial charge in [-0.3, -0.25) is 4.79 Å². The number of halogens is 1. The van der Waals surface area contributed by atoms with Crippen LogP contribution in [0.1, 0.15) is 18.9 Å². The van der Waals surface area contributed by atoms with E-state index in [9.17, 15) is 9.18 Å². The summed E-state index contributed by atoms with van der Waals surface area (Å²) >= 11 is 0. The van der Waals surface area contributed by atoms with E-state index in [0.29, 0.717) is 22.9 Å². The molecule has 2 aromatic rings. The highest BCUT2D eigenvalue weighted by molar-refractivity contribution is 5.85. The molecule has 1 aliphatic heterocycles. The highest BCUT2D eigenvalue weighted by Gasteiger charge is 2.41. The first-order chi connectivity index (χ1) is 12.1. The van der Waals surface area contributed by atoms with Crippen molar-refractivity contribution in [1.29, 1.82) is 5.26 Å². The van der Waals surface area contributed by atoms with Crippen molar-refractivity contribution in [2.45, 2.75) is 25.6 Å². The van der Waals surface area contributed by atoms with E-state index in [0.717, 1.165) is 0 Å². The molecule has 2 aromatic heterocycles. The zero-order valence-corrected chi connectivity index (χ0v) is 13.8. The number of methoxy groups -OCH3 is 1. The number of nitrogens with zero attached hydrogens (tertiary/aromatic N) is 3. The molecule has 3 rings (SSSR count). The summed E-state index contributed by atoms with van der Waals surface area (Å²) in [6, 6.07) is 4.94. The van der Waals surface area contributed by atoms with Gasteiger partial charge in [0.25, 0.3) is 5.91 Å². The van der Waals surface area contributed by atoms with Crippen LogP contribution in [0.3, 0.4) is 0 Å². The van der Waals surface area contributed by atoms with Gasteiger partial charge >= 0.3 is 0 Å². The Morgan fingerprint density at radius 3 is 2.92 bits per heavy atom. The summed E-state index contributed by atoms with van der Waals surface area (Å²) < 4.78 is 24.7. The zero-order chi connectivity index (χ0) is 18.0. The maximum atomic E-state index is 13.9. The number of hydrogen-bond acceptors (Lipinski definition) is 6. The molecule has 1 amide bonds. The number of fused-ring (bicyclic) bond motifs is 1. The van der Waals surface area contributed by atoms with Crippen LogP contribution in [0.25, 0.3) is 10.9 Å². The molecule has 1 N–H and O–H groups in total. The van der Waals surface area contributed by atoms with Gasteiger partial charge < -0.3 is 14.8 Å². The number of carbonyl (C=O) groups excluding carboxylic acids is 1. The lowest BCUT2D eigenvalue weighted by atomic mass is 9.97. The lowest BCUT2D eigenvalue weighted by Crippen LogP contribution is -2.34. The molecule has 0 radical (unpaired) electrons. The molecule has 3 atom stereocenters. The second-order valence-electron chi connectivity index (χ2n) is 5.74. The minimum absolute atomic E-state index is 0.0841. The quantitative estimate of drug-likeness (QED) is 0.887. The largest absolute Gasteiger partial charge is 0.480 e. The van der Waals surface area contributed by atoms with E-state index in [2.05, 4.69) is 15.3 Å². The second kappa shape index (κ2) is 6.89. The van der Waals surface area contributed by atoms with Crippen LogP contribution >= 0.6 is 0 Å². The molecule has 0 unspecified atom stereocenters. The molecule has 0 aliphatic carbocycles. The van der Waals surface area contributed by atoms with Crippen LogP contribution in [0, 0.1) is 17.2 Å². The molecule has 3 heterocycles. The first-order valence-corrected chi connectivity index (χ1v) is 7.90. The molecular weight excluding hydrogens is 327 g/mol. The number of amides is 1. The average molecular weight is 344 g/mol. The third-order valence-electron chi connectivity index (χ3n) is 4.32. The predicted molar refractivity (Wildman–Crippen MR) is 86.9 cm³/mol. The van der Waals surface area contributed by atoms with Gasteiger partial charge in [-0.15, -0.1) is 0 Å². The zero-order valence-electron chi connectivity index (χ0n) is 13.8. The van der Waals surface area contributed by atoms with Crippen molar-refractivity contribution in [2.75, 3.05) is 13.7 Å². The Morgan fingerprint density at radius 1 is 1.44 bits per heavy atom. The number of carbonyl (C=O) groups is 1. The normalized spacial score (nSPS) is 22.5. The van der Waals surface area contributed by atoms with Crippen LogP contribution in [0.5, 0.6) is 11.8 Å². The Balaban J connectivity index is 1.87. The van der Waals surface area contributed by atoms with Gasteiger partial charge in [0.05, 0.1) is 13.2 Å². The SMILES string of the molecule is CC[C@@H]1[C@H](F)C(=O)N[C@@H]1COc1nccc2cc(C#N)c(OC)nc12. The van der Waals surface area contributed by atoms with E-state index in [4.69, 9.17) is 14.7 Å². The van der Waals surface area contributed by atoms with Crippen molar-refractivity contribution in [3.05, 3.63) is 23.9 Å². The number of alkyl halides is 1. The Labute approximate surface area is 143 Å². The van der Waals surface area contributed by atoms with Crippen molar-refractivity contribution in [3.63, 3.8) is 0 Å². The van der Waals surface area contributed by atoms with Gasteiger partial charge in [-0.2, -0.15) is 5.26 Å². The van der Waals surface area contributed by atoms with E-state index in [1.165, 1.54) is 13.3 Å². The van der Waals surface area contributed by atoms with E-state index in [1.807, 2.05) is 13.0 Å². The Kier molecular flexibility index (Phi) is 4.65. The van der Waals surface area contributed by atoms with Crippen LogP contribution in [-0.4, -0.2) is 41.8 Å². The molecule has 0 bridgehead atoms. The van der Waals surface area contributed by atoms with Crippen LogP contribution in [0.2, 0.25) is 0 Å². The number of pyridine rings is 2. The van der Waals surface area contributed by atoms with Crippen LogP contribution in [0.15, 0.2) is 18.3 Å². The Morgan fingerprint density at radius 2 is 2.24 bits per heavy atom. The molecule has 8 heteroatoms. The van der Waals surface area contributed by atoms with Gasteiger partial charge in [-0.05, 0) is 18.6 Å². The number of nitriles is 1. The number of aromatic nitrogens is 2. The summed E-state index contributed by atoms with van der Waals surface area (Å²) in [5.74, 6) is -0.621. The predicted octanol–water partition coefficient (Wildman–Crippen LogP) is 1.75.